The summed E-state index contributed by atoms with van der Waals surface area (Å²) in [5.41, 5.74) is 1.18. The van der Waals surface area contributed by atoms with Crippen molar-refractivity contribution in [1.29, 1.82) is 0 Å². The van der Waals surface area contributed by atoms with Crippen LogP contribution in [0.4, 0.5) is 0 Å². The second-order valence-electron chi connectivity index (χ2n) is 7.64. The van der Waals surface area contributed by atoms with Crippen molar-refractivity contribution in [3.05, 3.63) is 69.3 Å². The van der Waals surface area contributed by atoms with Crippen LogP contribution in [0.1, 0.15) is 33.8 Å². The van der Waals surface area contributed by atoms with Crippen molar-refractivity contribution in [2.75, 3.05) is 13.2 Å². The molecule has 1 aliphatic rings. The van der Waals surface area contributed by atoms with Crippen molar-refractivity contribution in [3.63, 3.8) is 0 Å². The van der Waals surface area contributed by atoms with Gasteiger partial charge in [0.05, 0.1) is 33.9 Å². The van der Waals surface area contributed by atoms with Crippen LogP contribution in [-0.4, -0.2) is 30.1 Å². The molecule has 3 aromatic heterocycles. The van der Waals surface area contributed by atoms with E-state index < -0.39 is 5.63 Å². The van der Waals surface area contributed by atoms with E-state index in [9.17, 15) is 9.59 Å². The average Bonchev–Trinajstić information content (AvgIpc) is 3.49. The van der Waals surface area contributed by atoms with Crippen LogP contribution in [0.5, 0.6) is 0 Å². The minimum absolute atomic E-state index is 0.0202. The topological polar surface area (TPSA) is 72.9 Å². The summed E-state index contributed by atoms with van der Waals surface area (Å²) < 4.78 is 17.5. The number of rotatable bonds is 5. The third kappa shape index (κ3) is 3.55. The molecular weight excluding hydrogens is 402 g/mol. The number of nitrogens with zero attached hydrogens (tertiary/aromatic N) is 1. The van der Waals surface area contributed by atoms with E-state index in [0.717, 1.165) is 35.1 Å². The van der Waals surface area contributed by atoms with Crippen LogP contribution in [0.2, 0.25) is 0 Å². The largest absolute Gasteiger partial charge is 0.467 e. The molecular formula is C23H21NO5S. The maximum Gasteiger partial charge on any atom is 0.345 e. The lowest BCUT2D eigenvalue weighted by Gasteiger charge is -2.24. The van der Waals surface area contributed by atoms with Gasteiger partial charge in [-0.25, -0.2) is 4.79 Å². The number of furan rings is 1. The highest BCUT2D eigenvalue weighted by atomic mass is 32.1. The summed E-state index contributed by atoms with van der Waals surface area (Å²) in [6, 6.07) is 11.0. The van der Waals surface area contributed by atoms with Crippen LogP contribution in [0, 0.1) is 6.92 Å². The molecule has 1 aliphatic heterocycles. The van der Waals surface area contributed by atoms with Crippen LogP contribution in [-0.2, 0) is 11.3 Å². The van der Waals surface area contributed by atoms with E-state index in [-0.39, 0.29) is 12.0 Å². The smallest absolute Gasteiger partial charge is 0.345 e. The van der Waals surface area contributed by atoms with Crippen LogP contribution in [0.25, 0.3) is 21.1 Å². The van der Waals surface area contributed by atoms with Crippen molar-refractivity contribution >= 4 is 38.3 Å². The molecule has 0 saturated carbocycles. The zero-order valence-corrected chi connectivity index (χ0v) is 17.4. The Bertz CT molecular complexity index is 1260. The number of hydrogen-bond donors (Lipinski definition) is 0. The number of hydrogen-bond acceptors (Lipinski definition) is 6. The highest BCUT2D eigenvalue weighted by molar-refractivity contribution is 7.21. The maximum absolute atomic E-state index is 13.4. The lowest BCUT2D eigenvalue weighted by atomic mass is 10.1. The third-order valence-corrected chi connectivity index (χ3v) is 6.56. The minimum atomic E-state index is -0.423. The summed E-state index contributed by atoms with van der Waals surface area (Å²) in [6.45, 7) is 3.56. The van der Waals surface area contributed by atoms with Gasteiger partial charge in [-0.2, -0.15) is 0 Å². The van der Waals surface area contributed by atoms with Crippen LogP contribution < -0.4 is 5.63 Å². The molecule has 1 aromatic carbocycles. The molecule has 0 spiro atoms. The Morgan fingerprint density at radius 1 is 1.23 bits per heavy atom. The Morgan fingerprint density at radius 2 is 2.13 bits per heavy atom. The first-order valence-corrected chi connectivity index (χ1v) is 10.8. The normalized spacial score (nSPS) is 16.5. The zero-order valence-electron chi connectivity index (χ0n) is 16.6. The van der Waals surface area contributed by atoms with Crippen molar-refractivity contribution in [2.24, 2.45) is 0 Å². The van der Waals surface area contributed by atoms with Crippen molar-refractivity contribution < 1.29 is 18.4 Å². The molecule has 1 amide bonds. The highest BCUT2D eigenvalue weighted by Gasteiger charge is 2.26. The summed E-state index contributed by atoms with van der Waals surface area (Å²) in [5.74, 6) is 0.575. The zero-order chi connectivity index (χ0) is 20.7. The fourth-order valence-corrected chi connectivity index (χ4v) is 5.05. The standard InChI is InChI=1S/C23H21NO5S/c1-14-6-7-19-17(10-14)21-18(23(26)29-19)11-20(30-21)22(25)24(12-15-4-2-8-27-15)13-16-5-3-9-28-16/h2,4,6-8,10-11,16H,3,5,9,12-13H2,1H3/t16-/m1/s1. The molecule has 30 heavy (non-hydrogen) atoms. The van der Waals surface area contributed by atoms with E-state index in [4.69, 9.17) is 13.6 Å². The van der Waals surface area contributed by atoms with Gasteiger partial charge in [-0.05, 0) is 50.1 Å². The van der Waals surface area contributed by atoms with Crippen molar-refractivity contribution in [2.45, 2.75) is 32.4 Å². The lowest BCUT2D eigenvalue weighted by Crippen LogP contribution is -2.36. The number of carbonyl (C=O) groups excluding carboxylic acids is 1. The number of benzene rings is 1. The second kappa shape index (κ2) is 7.74. The summed E-state index contributed by atoms with van der Waals surface area (Å²) in [6.07, 6.45) is 3.56. The average molecular weight is 423 g/mol. The Morgan fingerprint density at radius 3 is 2.90 bits per heavy atom. The van der Waals surface area contributed by atoms with Crippen molar-refractivity contribution in [3.8, 4) is 0 Å². The molecule has 5 rings (SSSR count). The SMILES string of the molecule is Cc1ccc2oc(=O)c3cc(C(=O)N(Cc4ccco4)C[C@H]4CCCO4)sc3c2c1. The molecule has 4 aromatic rings. The van der Waals surface area contributed by atoms with E-state index in [1.54, 1.807) is 23.3 Å². The van der Waals surface area contributed by atoms with Gasteiger partial charge in [-0.3, -0.25) is 4.79 Å². The maximum atomic E-state index is 13.4. The fraction of sp³-hybridized carbons (Fsp3) is 0.304. The first kappa shape index (κ1) is 19.1. The van der Waals surface area contributed by atoms with Gasteiger partial charge < -0.3 is 18.5 Å². The van der Waals surface area contributed by atoms with E-state index >= 15 is 0 Å². The molecule has 1 fully saturated rings. The Balaban J connectivity index is 1.55. The van der Waals surface area contributed by atoms with Gasteiger partial charge in [-0.1, -0.05) is 11.6 Å². The van der Waals surface area contributed by atoms with E-state index in [2.05, 4.69) is 0 Å². The molecule has 1 saturated heterocycles. The molecule has 0 unspecified atom stereocenters. The molecule has 0 aliphatic carbocycles. The Labute approximate surface area is 176 Å². The van der Waals surface area contributed by atoms with E-state index in [0.29, 0.717) is 34.7 Å². The van der Waals surface area contributed by atoms with Gasteiger partial charge in [0.25, 0.3) is 5.91 Å². The van der Waals surface area contributed by atoms with Gasteiger partial charge in [0.15, 0.2) is 0 Å². The number of amides is 1. The first-order chi connectivity index (χ1) is 14.6. The molecule has 0 radical (unpaired) electrons. The minimum Gasteiger partial charge on any atom is -0.467 e. The fourth-order valence-electron chi connectivity index (χ4n) is 3.91. The van der Waals surface area contributed by atoms with Crippen LogP contribution in [0.15, 0.2) is 56.3 Å². The Kier molecular flexibility index (Phi) is 4.92. The number of thiophene rings is 1. The van der Waals surface area contributed by atoms with Gasteiger partial charge in [0.2, 0.25) is 0 Å². The number of ether oxygens (including phenoxy) is 1. The predicted octanol–water partition coefficient (Wildman–Crippen LogP) is 4.73. The molecule has 154 valence electrons. The Hall–Kier alpha value is -2.90. The summed E-state index contributed by atoms with van der Waals surface area (Å²) in [7, 11) is 0. The van der Waals surface area contributed by atoms with Gasteiger partial charge in [0, 0.05) is 18.5 Å². The second-order valence-corrected chi connectivity index (χ2v) is 8.69. The first-order valence-electron chi connectivity index (χ1n) is 9.99. The third-order valence-electron chi connectivity index (χ3n) is 5.41. The van der Waals surface area contributed by atoms with Crippen LogP contribution >= 0.6 is 11.3 Å². The molecule has 4 heterocycles. The van der Waals surface area contributed by atoms with E-state index in [1.165, 1.54) is 11.3 Å². The quantitative estimate of drug-likeness (QED) is 0.434. The molecule has 0 N–H and O–H groups in total. The molecule has 1 atom stereocenters. The van der Waals surface area contributed by atoms with Gasteiger partial charge in [0.1, 0.15) is 11.3 Å². The van der Waals surface area contributed by atoms with Gasteiger partial charge >= 0.3 is 5.63 Å². The molecule has 6 nitrogen and oxygen atoms in total. The van der Waals surface area contributed by atoms with Crippen molar-refractivity contribution in [1.82, 2.24) is 4.90 Å². The monoisotopic (exact) mass is 423 g/mol. The number of fused-ring (bicyclic) bond motifs is 3. The van der Waals surface area contributed by atoms with Crippen LogP contribution in [0.3, 0.4) is 0 Å². The number of carbonyl (C=O) groups is 1. The number of aryl methyl sites for hydroxylation is 1. The molecule has 0 bridgehead atoms. The summed E-state index contributed by atoms with van der Waals surface area (Å²) in [5, 5.41) is 1.29. The summed E-state index contributed by atoms with van der Waals surface area (Å²) in [4.78, 5) is 28.2. The van der Waals surface area contributed by atoms with Gasteiger partial charge in [-0.15, -0.1) is 11.3 Å². The highest BCUT2D eigenvalue weighted by Crippen LogP contribution is 2.32. The summed E-state index contributed by atoms with van der Waals surface area (Å²) >= 11 is 1.33. The molecule has 7 heteroatoms. The van der Waals surface area contributed by atoms with E-state index in [1.807, 2.05) is 31.2 Å². The lowest BCUT2D eigenvalue weighted by molar-refractivity contribution is 0.0495. The predicted molar refractivity (Wildman–Crippen MR) is 115 cm³/mol.